The lowest BCUT2D eigenvalue weighted by atomic mass is 10.2. The predicted octanol–water partition coefficient (Wildman–Crippen LogP) is 1.78. The summed E-state index contributed by atoms with van der Waals surface area (Å²) in [5.41, 5.74) is 0.945. The van der Waals surface area contributed by atoms with Crippen LogP contribution in [0.4, 0.5) is 5.69 Å². The molecule has 0 atom stereocenters. The van der Waals surface area contributed by atoms with Crippen LogP contribution in [0.5, 0.6) is 0 Å². The van der Waals surface area contributed by atoms with Crippen molar-refractivity contribution >= 4 is 34.7 Å². The quantitative estimate of drug-likeness (QED) is 0.780. The smallest absolute Gasteiger partial charge is 0.261 e. The number of amides is 3. The summed E-state index contributed by atoms with van der Waals surface area (Å²) in [6.07, 6.45) is 0. The lowest BCUT2D eigenvalue weighted by Crippen LogP contribution is -2.32. The van der Waals surface area contributed by atoms with Crippen LogP contribution >= 0.6 is 11.3 Å². The van der Waals surface area contributed by atoms with Crippen molar-refractivity contribution in [3.63, 3.8) is 0 Å². The number of thiophene rings is 1. The average Bonchev–Trinajstić information content (AvgIpc) is 2.98. The van der Waals surface area contributed by atoms with Gasteiger partial charge in [0.25, 0.3) is 11.8 Å². The number of rotatable bonds is 5. The fraction of sp³-hybridized carbons (Fsp3) is 0.188. The van der Waals surface area contributed by atoms with Crippen LogP contribution in [0.3, 0.4) is 0 Å². The molecule has 1 heterocycles. The summed E-state index contributed by atoms with van der Waals surface area (Å²) in [5.74, 6) is -0.875. The Morgan fingerprint density at radius 3 is 2.52 bits per heavy atom. The molecule has 2 rings (SSSR count). The largest absolute Gasteiger partial charge is 0.355 e. The van der Waals surface area contributed by atoms with Gasteiger partial charge in [0.2, 0.25) is 5.91 Å². The molecule has 0 aliphatic rings. The SMILES string of the molecule is CNC(=O)c1cccc(NC(=O)CNC(=O)c2ccc(C)s2)c1. The van der Waals surface area contributed by atoms with Gasteiger partial charge in [-0.25, -0.2) is 0 Å². The Bertz CT molecular complexity index is 740. The van der Waals surface area contributed by atoms with Crippen molar-refractivity contribution < 1.29 is 14.4 Å². The average molecular weight is 331 g/mol. The van der Waals surface area contributed by atoms with E-state index in [4.69, 9.17) is 0 Å². The van der Waals surface area contributed by atoms with Gasteiger partial charge in [0, 0.05) is 23.2 Å². The van der Waals surface area contributed by atoms with Crippen LogP contribution in [0.1, 0.15) is 24.9 Å². The fourth-order valence-electron chi connectivity index (χ4n) is 1.89. The molecule has 7 heteroatoms. The molecule has 3 N–H and O–H groups in total. The summed E-state index contributed by atoms with van der Waals surface area (Å²) >= 11 is 1.37. The molecule has 120 valence electrons. The molecule has 0 saturated heterocycles. The molecule has 3 amide bonds. The molecular weight excluding hydrogens is 314 g/mol. The first-order chi connectivity index (χ1) is 11.0. The molecule has 0 bridgehead atoms. The van der Waals surface area contributed by atoms with Gasteiger partial charge in [-0.2, -0.15) is 0 Å². The molecular formula is C16H17N3O3S. The van der Waals surface area contributed by atoms with Crippen molar-refractivity contribution in [3.8, 4) is 0 Å². The highest BCUT2D eigenvalue weighted by atomic mass is 32.1. The monoisotopic (exact) mass is 331 g/mol. The zero-order chi connectivity index (χ0) is 16.8. The van der Waals surface area contributed by atoms with Crippen LogP contribution in [0.2, 0.25) is 0 Å². The highest BCUT2D eigenvalue weighted by molar-refractivity contribution is 7.13. The zero-order valence-corrected chi connectivity index (χ0v) is 13.6. The minimum Gasteiger partial charge on any atom is -0.355 e. The Morgan fingerprint density at radius 1 is 1.09 bits per heavy atom. The van der Waals surface area contributed by atoms with Gasteiger partial charge in [0.15, 0.2) is 0 Å². The minimum atomic E-state index is -0.360. The summed E-state index contributed by atoms with van der Waals surface area (Å²) in [4.78, 5) is 36.9. The number of benzene rings is 1. The van der Waals surface area contributed by atoms with Gasteiger partial charge in [0.1, 0.15) is 0 Å². The Labute approximate surface area is 137 Å². The number of carbonyl (C=O) groups is 3. The Hall–Kier alpha value is -2.67. The van der Waals surface area contributed by atoms with Crippen molar-refractivity contribution in [3.05, 3.63) is 51.7 Å². The Balaban J connectivity index is 1.90. The van der Waals surface area contributed by atoms with Crippen molar-refractivity contribution in [2.75, 3.05) is 18.9 Å². The van der Waals surface area contributed by atoms with Gasteiger partial charge in [-0.05, 0) is 37.3 Å². The van der Waals surface area contributed by atoms with E-state index in [2.05, 4.69) is 16.0 Å². The molecule has 0 saturated carbocycles. The zero-order valence-electron chi connectivity index (χ0n) is 12.8. The summed E-state index contributed by atoms with van der Waals surface area (Å²) in [5, 5.41) is 7.72. The van der Waals surface area contributed by atoms with Gasteiger partial charge in [0.05, 0.1) is 11.4 Å². The normalized spacial score (nSPS) is 10.0. The molecule has 6 nitrogen and oxygen atoms in total. The van der Waals surface area contributed by atoms with Crippen molar-refractivity contribution in [2.45, 2.75) is 6.92 Å². The summed E-state index contributed by atoms with van der Waals surface area (Å²) in [6.45, 7) is 1.77. The lowest BCUT2D eigenvalue weighted by Gasteiger charge is -2.07. The van der Waals surface area contributed by atoms with Gasteiger partial charge < -0.3 is 16.0 Å². The van der Waals surface area contributed by atoms with E-state index in [1.165, 1.54) is 18.4 Å². The van der Waals surface area contributed by atoms with E-state index in [-0.39, 0.29) is 24.3 Å². The first-order valence-corrected chi connectivity index (χ1v) is 7.78. The third-order valence-corrected chi connectivity index (χ3v) is 4.01. The maximum atomic E-state index is 11.9. The van der Waals surface area contributed by atoms with Gasteiger partial charge in [-0.15, -0.1) is 11.3 Å². The van der Waals surface area contributed by atoms with Crippen molar-refractivity contribution in [1.82, 2.24) is 10.6 Å². The van der Waals surface area contributed by atoms with Crippen LogP contribution in [0.15, 0.2) is 36.4 Å². The summed E-state index contributed by atoms with van der Waals surface area (Å²) in [6, 6.07) is 10.1. The molecule has 1 aromatic heterocycles. The van der Waals surface area contributed by atoms with Gasteiger partial charge in [-0.1, -0.05) is 6.07 Å². The standard InChI is InChI=1S/C16H17N3O3S/c1-10-6-7-13(23-10)16(22)18-9-14(20)19-12-5-3-4-11(8-12)15(21)17-2/h3-8H,9H2,1-2H3,(H,17,21)(H,18,22)(H,19,20). The number of anilines is 1. The predicted molar refractivity (Wildman–Crippen MR) is 89.9 cm³/mol. The summed E-state index contributed by atoms with van der Waals surface area (Å²) in [7, 11) is 1.54. The van der Waals surface area contributed by atoms with Gasteiger partial charge in [-0.3, -0.25) is 14.4 Å². The van der Waals surface area contributed by atoms with Crippen LogP contribution in [-0.4, -0.2) is 31.3 Å². The minimum absolute atomic E-state index is 0.139. The van der Waals surface area contributed by atoms with Crippen LogP contribution in [-0.2, 0) is 4.79 Å². The molecule has 0 unspecified atom stereocenters. The van der Waals surface area contributed by atoms with E-state index in [0.29, 0.717) is 16.1 Å². The van der Waals surface area contributed by atoms with E-state index in [1.807, 2.05) is 13.0 Å². The molecule has 0 spiro atoms. The number of hydrogen-bond donors (Lipinski definition) is 3. The number of hydrogen-bond acceptors (Lipinski definition) is 4. The van der Waals surface area contributed by atoms with Crippen LogP contribution in [0, 0.1) is 6.92 Å². The molecule has 23 heavy (non-hydrogen) atoms. The number of aryl methyl sites for hydroxylation is 1. The Kier molecular flexibility index (Phi) is 5.48. The molecule has 0 aliphatic carbocycles. The third kappa shape index (κ3) is 4.65. The van der Waals surface area contributed by atoms with E-state index < -0.39 is 0 Å². The van der Waals surface area contributed by atoms with Crippen molar-refractivity contribution in [1.29, 1.82) is 0 Å². The Morgan fingerprint density at radius 2 is 1.87 bits per heavy atom. The number of carbonyl (C=O) groups excluding carboxylic acids is 3. The molecule has 0 aliphatic heterocycles. The van der Waals surface area contributed by atoms with Gasteiger partial charge >= 0.3 is 0 Å². The maximum Gasteiger partial charge on any atom is 0.261 e. The molecule has 0 fully saturated rings. The third-order valence-electron chi connectivity index (χ3n) is 3.01. The topological polar surface area (TPSA) is 87.3 Å². The maximum absolute atomic E-state index is 11.9. The van der Waals surface area contributed by atoms with E-state index >= 15 is 0 Å². The second kappa shape index (κ2) is 7.55. The van der Waals surface area contributed by atoms with Crippen molar-refractivity contribution in [2.24, 2.45) is 0 Å². The molecule has 2 aromatic rings. The van der Waals surface area contributed by atoms with E-state index in [1.54, 1.807) is 30.3 Å². The second-order valence-electron chi connectivity index (χ2n) is 4.80. The second-order valence-corrected chi connectivity index (χ2v) is 6.09. The summed E-state index contributed by atoms with van der Waals surface area (Å²) < 4.78 is 0. The van der Waals surface area contributed by atoms with E-state index in [9.17, 15) is 14.4 Å². The molecule has 1 aromatic carbocycles. The van der Waals surface area contributed by atoms with Crippen LogP contribution in [0.25, 0.3) is 0 Å². The number of nitrogens with one attached hydrogen (secondary N) is 3. The molecule has 0 radical (unpaired) electrons. The highest BCUT2D eigenvalue weighted by Gasteiger charge is 2.10. The van der Waals surface area contributed by atoms with E-state index in [0.717, 1.165) is 4.88 Å². The fourth-order valence-corrected chi connectivity index (χ4v) is 2.68. The first-order valence-electron chi connectivity index (χ1n) is 6.96. The van der Waals surface area contributed by atoms with Crippen LogP contribution < -0.4 is 16.0 Å². The lowest BCUT2D eigenvalue weighted by molar-refractivity contribution is -0.115. The highest BCUT2D eigenvalue weighted by Crippen LogP contribution is 2.14. The first kappa shape index (κ1) is 16.7.